The van der Waals surface area contributed by atoms with Crippen molar-refractivity contribution >= 4 is 27.5 Å². The smallest absolute Gasteiger partial charge is 0.319 e. The molecule has 2 N–H and O–H groups in total. The monoisotopic (exact) mass is 690 g/mol. The normalized spacial score (nSPS) is 23.5. The van der Waals surface area contributed by atoms with E-state index < -0.39 is 11.6 Å². The SMILES string of the molecule is C#Cc1c(F)ccc2cc(O)cc(-c3c(C#N)cc4c(N5CC6CCC(C5)N6)nc(OCC5(CN6CCC7(CCOCC7)C6)CC5)nc4c3F)c12. The lowest BCUT2D eigenvalue weighted by Crippen LogP contribution is -2.51. The van der Waals surface area contributed by atoms with Crippen LogP contribution < -0.4 is 15.0 Å². The first-order chi connectivity index (χ1) is 24.8. The molecule has 9 nitrogen and oxygen atoms in total. The first-order valence-corrected chi connectivity index (χ1v) is 18.1. The average Bonchev–Trinajstić information content (AvgIpc) is 3.68. The van der Waals surface area contributed by atoms with Gasteiger partial charge in [0, 0.05) is 73.2 Å². The molecule has 5 fully saturated rings. The van der Waals surface area contributed by atoms with E-state index in [1.165, 1.54) is 30.7 Å². The highest BCUT2D eigenvalue weighted by Crippen LogP contribution is 2.49. The molecule has 4 aliphatic heterocycles. The molecule has 4 saturated heterocycles. The number of piperazine rings is 1. The van der Waals surface area contributed by atoms with Crippen LogP contribution in [0.4, 0.5) is 14.6 Å². The van der Waals surface area contributed by atoms with Gasteiger partial charge in [-0.05, 0) is 92.1 Å². The Morgan fingerprint density at radius 1 is 1.06 bits per heavy atom. The summed E-state index contributed by atoms with van der Waals surface area (Å²) >= 11 is 0. The lowest BCUT2D eigenvalue weighted by Gasteiger charge is -2.34. The molecule has 1 aromatic heterocycles. The van der Waals surface area contributed by atoms with Crippen LogP contribution in [0.25, 0.3) is 32.8 Å². The van der Waals surface area contributed by atoms with Gasteiger partial charge in [0.15, 0.2) is 5.82 Å². The van der Waals surface area contributed by atoms with E-state index in [2.05, 4.69) is 32.1 Å². The number of ether oxygens (including phenoxy) is 2. The van der Waals surface area contributed by atoms with Crippen LogP contribution in [0.15, 0.2) is 30.3 Å². The van der Waals surface area contributed by atoms with Crippen LogP contribution in [0.2, 0.25) is 0 Å². The van der Waals surface area contributed by atoms with Gasteiger partial charge in [-0.2, -0.15) is 15.2 Å². The van der Waals surface area contributed by atoms with Crippen molar-refractivity contribution in [3.8, 4) is 41.3 Å². The molecule has 51 heavy (non-hydrogen) atoms. The summed E-state index contributed by atoms with van der Waals surface area (Å²) in [5.74, 6) is 1.30. The van der Waals surface area contributed by atoms with Crippen molar-refractivity contribution in [2.45, 2.75) is 57.0 Å². The summed E-state index contributed by atoms with van der Waals surface area (Å²) in [6.07, 6.45) is 13.4. The van der Waals surface area contributed by atoms with Gasteiger partial charge in [0.05, 0.1) is 23.8 Å². The number of hydrogen-bond donors (Lipinski definition) is 2. The van der Waals surface area contributed by atoms with E-state index in [1.807, 2.05) is 0 Å². The van der Waals surface area contributed by atoms with Crippen LogP contribution in [0.5, 0.6) is 11.8 Å². The minimum absolute atomic E-state index is 0.000559. The van der Waals surface area contributed by atoms with Crippen LogP contribution in [-0.4, -0.2) is 84.6 Å². The van der Waals surface area contributed by atoms with E-state index in [1.54, 1.807) is 6.07 Å². The predicted octanol–water partition coefficient (Wildman–Crippen LogP) is 5.89. The van der Waals surface area contributed by atoms with E-state index >= 15 is 8.78 Å². The first kappa shape index (κ1) is 32.4. The standard InChI is InChI=1S/C40H40F2N6O3/c1-2-29-32(41)6-3-24-15-28(49)17-30(33(24)29)34-25(18-43)16-31-36(35(34)42)45-38(46-37(31)48-19-26-4-5-27(20-48)44-26)51-23-40(7-8-40)22-47-12-9-39(21-47)10-13-50-14-11-39/h1,3,6,15-17,26-27,44,49H,4-5,7-14,19-23H2. The van der Waals surface area contributed by atoms with Gasteiger partial charge in [0.25, 0.3) is 0 Å². The molecular weight excluding hydrogens is 650 g/mol. The molecule has 4 aromatic rings. The highest BCUT2D eigenvalue weighted by atomic mass is 19.1. The Labute approximate surface area is 295 Å². The summed E-state index contributed by atoms with van der Waals surface area (Å²) in [5, 5.41) is 25.8. The number of benzene rings is 3. The first-order valence-electron chi connectivity index (χ1n) is 18.1. The second-order valence-corrected chi connectivity index (χ2v) is 15.5. The zero-order chi connectivity index (χ0) is 34.9. The minimum atomic E-state index is -0.783. The van der Waals surface area contributed by atoms with Crippen molar-refractivity contribution in [3.05, 3.63) is 53.1 Å². The Balaban J connectivity index is 1.12. The third-order valence-electron chi connectivity index (χ3n) is 12.1. The molecular formula is C40H40F2N6O3. The number of terminal acetylenes is 1. The van der Waals surface area contributed by atoms with Gasteiger partial charge in [0.2, 0.25) is 0 Å². The molecule has 3 aromatic carbocycles. The molecule has 1 saturated carbocycles. The molecule has 0 amide bonds. The molecule has 5 heterocycles. The molecule has 11 heteroatoms. The van der Waals surface area contributed by atoms with Crippen LogP contribution in [-0.2, 0) is 4.74 Å². The number of likely N-dealkylation sites (tertiary alicyclic amines) is 1. The Morgan fingerprint density at radius 2 is 1.84 bits per heavy atom. The molecule has 1 spiro atoms. The number of fused-ring (bicyclic) bond motifs is 4. The summed E-state index contributed by atoms with van der Waals surface area (Å²) in [6, 6.07) is 9.85. The topological polar surface area (TPSA) is 107 Å². The van der Waals surface area contributed by atoms with Gasteiger partial charge in [0.1, 0.15) is 22.9 Å². The van der Waals surface area contributed by atoms with Crippen LogP contribution >= 0.6 is 0 Å². The van der Waals surface area contributed by atoms with E-state index in [-0.39, 0.29) is 62.4 Å². The quantitative estimate of drug-likeness (QED) is 0.230. The number of nitriles is 1. The number of hydrogen-bond acceptors (Lipinski definition) is 9. The minimum Gasteiger partial charge on any atom is -0.508 e. The third kappa shape index (κ3) is 5.72. The van der Waals surface area contributed by atoms with Crippen molar-refractivity contribution < 1.29 is 23.4 Å². The largest absolute Gasteiger partial charge is 0.508 e. The molecule has 2 bridgehead atoms. The number of aromatic nitrogens is 2. The van der Waals surface area contributed by atoms with Gasteiger partial charge in [-0.1, -0.05) is 12.0 Å². The summed E-state index contributed by atoms with van der Waals surface area (Å²) in [7, 11) is 0. The number of phenolic OH excluding ortho intramolecular Hbond substituents is 1. The molecule has 1 aliphatic carbocycles. The van der Waals surface area contributed by atoms with Crippen LogP contribution in [0.1, 0.15) is 56.1 Å². The van der Waals surface area contributed by atoms with Gasteiger partial charge in [-0.3, -0.25) is 0 Å². The van der Waals surface area contributed by atoms with E-state index in [0.717, 1.165) is 71.4 Å². The van der Waals surface area contributed by atoms with Gasteiger partial charge in [-0.25, -0.2) is 8.78 Å². The second kappa shape index (κ2) is 12.3. The number of anilines is 1. The Morgan fingerprint density at radius 3 is 2.57 bits per heavy atom. The maximum absolute atomic E-state index is 17.3. The lowest BCUT2D eigenvalue weighted by molar-refractivity contribution is 0.0179. The molecule has 262 valence electrons. The van der Waals surface area contributed by atoms with E-state index in [9.17, 15) is 10.4 Å². The van der Waals surface area contributed by atoms with E-state index in [4.69, 9.17) is 20.9 Å². The number of phenols is 1. The van der Waals surface area contributed by atoms with Crippen LogP contribution in [0.3, 0.4) is 0 Å². The number of rotatable bonds is 7. The summed E-state index contributed by atoms with van der Waals surface area (Å²) < 4.78 is 44.3. The summed E-state index contributed by atoms with van der Waals surface area (Å²) in [6.45, 7) is 6.58. The number of nitrogens with zero attached hydrogens (tertiary/aromatic N) is 5. The highest BCUT2D eigenvalue weighted by Gasteiger charge is 2.48. The van der Waals surface area contributed by atoms with Crippen molar-refractivity contribution in [3.63, 3.8) is 0 Å². The van der Waals surface area contributed by atoms with Crippen LogP contribution in [0, 0.1) is 46.1 Å². The molecule has 2 atom stereocenters. The Kier molecular flexibility index (Phi) is 7.80. The van der Waals surface area contributed by atoms with Crippen molar-refractivity contribution in [1.82, 2.24) is 20.2 Å². The van der Waals surface area contributed by atoms with Crippen molar-refractivity contribution in [1.29, 1.82) is 5.26 Å². The fraction of sp³-hybridized carbons (Fsp3) is 0.475. The zero-order valence-corrected chi connectivity index (χ0v) is 28.5. The fourth-order valence-electron chi connectivity index (χ4n) is 9.17. The maximum atomic E-state index is 17.3. The molecule has 5 aliphatic rings. The molecule has 9 rings (SSSR count). The second-order valence-electron chi connectivity index (χ2n) is 15.5. The van der Waals surface area contributed by atoms with Gasteiger partial charge >= 0.3 is 6.01 Å². The highest BCUT2D eigenvalue weighted by molar-refractivity contribution is 6.05. The van der Waals surface area contributed by atoms with Gasteiger partial charge < -0.3 is 29.7 Å². The van der Waals surface area contributed by atoms with Gasteiger partial charge in [-0.15, -0.1) is 6.42 Å². The number of nitrogens with one attached hydrogen (secondary N) is 1. The number of halogens is 2. The van der Waals surface area contributed by atoms with E-state index in [0.29, 0.717) is 41.7 Å². The summed E-state index contributed by atoms with van der Waals surface area (Å²) in [5.41, 5.74) is 0.272. The Bertz CT molecular complexity index is 2140. The molecule has 2 unspecified atom stereocenters. The van der Waals surface area contributed by atoms with Crippen molar-refractivity contribution in [2.24, 2.45) is 10.8 Å². The maximum Gasteiger partial charge on any atom is 0.319 e. The predicted molar refractivity (Wildman–Crippen MR) is 190 cm³/mol. The zero-order valence-electron chi connectivity index (χ0n) is 28.5. The summed E-state index contributed by atoms with van der Waals surface area (Å²) in [4.78, 5) is 14.3. The average molecular weight is 691 g/mol. The fourth-order valence-corrected chi connectivity index (χ4v) is 9.17. The Hall–Kier alpha value is -4.55. The molecule has 0 radical (unpaired) electrons. The third-order valence-corrected chi connectivity index (χ3v) is 12.1. The van der Waals surface area contributed by atoms with Crippen molar-refractivity contribution in [2.75, 3.05) is 57.4 Å². The lowest BCUT2D eigenvalue weighted by atomic mass is 9.80. The number of aromatic hydroxyl groups is 1.